The lowest BCUT2D eigenvalue weighted by Crippen LogP contribution is -2.52. The van der Waals surface area contributed by atoms with Gasteiger partial charge in [0, 0.05) is 31.1 Å². The van der Waals surface area contributed by atoms with Crippen LogP contribution < -0.4 is 5.11 Å². The first-order valence-corrected chi connectivity index (χ1v) is 17.7. The molecular weight excluding hydrogens is 542 g/mol. The van der Waals surface area contributed by atoms with Gasteiger partial charge in [-0.05, 0) is 38.5 Å². The van der Waals surface area contributed by atoms with Crippen molar-refractivity contribution in [2.24, 2.45) is 17.8 Å². The number of hydrogen-bond donors (Lipinski definition) is 2. The van der Waals surface area contributed by atoms with Crippen molar-refractivity contribution in [3.8, 4) is 0 Å². The van der Waals surface area contributed by atoms with Crippen molar-refractivity contribution < 1.29 is 34.2 Å². The van der Waals surface area contributed by atoms with Gasteiger partial charge in [0.25, 0.3) is 0 Å². The minimum absolute atomic E-state index is 0.445. The Morgan fingerprint density at radius 1 is 0.558 bits per heavy atom. The third-order valence-electron chi connectivity index (χ3n) is 9.25. The average Bonchev–Trinajstić information content (AvgIpc) is 2.97. The lowest BCUT2D eigenvalue weighted by atomic mass is 10.0. The van der Waals surface area contributed by atoms with Crippen LogP contribution in [0.4, 0.5) is 0 Å². The molecule has 7 nitrogen and oxygen atoms in total. The number of carbonyl (C=O) groups excluding carboxylic acids is 1. The van der Waals surface area contributed by atoms with Crippen LogP contribution in [0.3, 0.4) is 0 Å². The SMILES string of the molecule is CCCCCCC/C=C/CCCCCCCCCCCC[N+](CCC(C)C(=O)[O-])(CCC(C)C(=O)O)CCC(C)C(=O)O. The standard InChI is InChI=1S/C36H67NO6/c1-5-6-7-8-9-10-11-12-13-14-15-16-17-18-19-20-21-22-23-27-37(28-24-31(2)34(38)39,29-25-32(3)35(40)41)30-26-33(4)36(42)43/h11-12,31-33H,5-10,13-30H2,1-4H3,(H2-,38,39,40,41,42,43)/b12-11+. The van der Waals surface area contributed by atoms with Crippen LogP contribution in [0, 0.1) is 17.8 Å². The number of unbranched alkanes of at least 4 members (excludes halogenated alkanes) is 15. The second-order valence-corrected chi connectivity index (χ2v) is 13.3. The molecule has 0 amide bonds. The zero-order chi connectivity index (χ0) is 32.3. The van der Waals surface area contributed by atoms with E-state index in [1.54, 1.807) is 20.8 Å². The molecule has 3 unspecified atom stereocenters. The molecule has 0 heterocycles. The van der Waals surface area contributed by atoms with E-state index >= 15 is 0 Å². The molecule has 7 heteroatoms. The molecule has 2 N–H and O–H groups in total. The summed E-state index contributed by atoms with van der Waals surface area (Å²) in [6.45, 7) is 9.98. The molecule has 0 bridgehead atoms. The topological polar surface area (TPSA) is 115 Å². The first-order valence-electron chi connectivity index (χ1n) is 17.7. The quantitative estimate of drug-likeness (QED) is 0.0467. The summed E-state index contributed by atoms with van der Waals surface area (Å²) in [6, 6.07) is 0. The Balaban J connectivity index is 4.46. The summed E-state index contributed by atoms with van der Waals surface area (Å²) in [5.74, 6) is -4.31. The van der Waals surface area contributed by atoms with Gasteiger partial charge in [0.1, 0.15) is 0 Å². The van der Waals surface area contributed by atoms with Crippen molar-refractivity contribution in [1.29, 1.82) is 0 Å². The van der Waals surface area contributed by atoms with Gasteiger partial charge in [-0.1, -0.05) is 110 Å². The van der Waals surface area contributed by atoms with E-state index in [1.807, 2.05) is 0 Å². The Bertz CT molecular complexity index is 692. The van der Waals surface area contributed by atoms with Crippen molar-refractivity contribution in [3.05, 3.63) is 12.2 Å². The summed E-state index contributed by atoms with van der Waals surface area (Å²) in [7, 11) is 0. The van der Waals surface area contributed by atoms with Gasteiger partial charge in [-0.3, -0.25) is 9.59 Å². The Hall–Kier alpha value is -1.89. The number of rotatable bonds is 31. The van der Waals surface area contributed by atoms with Gasteiger partial charge in [-0.15, -0.1) is 0 Å². The Morgan fingerprint density at radius 2 is 0.907 bits per heavy atom. The zero-order valence-electron chi connectivity index (χ0n) is 28.3. The third kappa shape index (κ3) is 23.2. The minimum atomic E-state index is -1.07. The average molecular weight is 610 g/mol. The van der Waals surface area contributed by atoms with Crippen LogP contribution in [0.25, 0.3) is 0 Å². The lowest BCUT2D eigenvalue weighted by Gasteiger charge is -2.41. The van der Waals surface area contributed by atoms with E-state index < -0.39 is 35.7 Å². The highest BCUT2D eigenvalue weighted by atomic mass is 16.4. The normalized spacial score (nSPS) is 15.3. The summed E-state index contributed by atoms with van der Waals surface area (Å²) in [4.78, 5) is 34.4. The molecule has 0 aliphatic rings. The number of carboxylic acid groups (broad SMARTS) is 3. The fraction of sp³-hybridized carbons (Fsp3) is 0.861. The Labute approximate surface area is 264 Å². The van der Waals surface area contributed by atoms with Gasteiger partial charge in [-0.2, -0.15) is 0 Å². The van der Waals surface area contributed by atoms with Crippen molar-refractivity contribution in [2.75, 3.05) is 26.2 Å². The maximum Gasteiger partial charge on any atom is 0.306 e. The number of nitrogens with zero attached hydrogens (tertiary/aromatic N) is 1. The van der Waals surface area contributed by atoms with Gasteiger partial charge in [0.05, 0.1) is 38.0 Å². The second kappa shape index (κ2) is 26.5. The number of quaternary nitrogens is 1. The van der Waals surface area contributed by atoms with Crippen molar-refractivity contribution >= 4 is 17.9 Å². The summed E-state index contributed by atoms with van der Waals surface area (Å²) in [5.41, 5.74) is 0. The molecular formula is C36H67NO6. The number of carboxylic acids is 3. The summed E-state index contributed by atoms with van der Waals surface area (Å²) in [6.07, 6.45) is 27.6. The predicted molar refractivity (Wildman–Crippen MR) is 175 cm³/mol. The molecule has 0 aliphatic heterocycles. The van der Waals surface area contributed by atoms with Crippen LogP contribution in [0.2, 0.25) is 0 Å². The van der Waals surface area contributed by atoms with E-state index in [4.69, 9.17) is 0 Å². The van der Waals surface area contributed by atoms with Gasteiger partial charge in [0.2, 0.25) is 0 Å². The first-order chi connectivity index (χ1) is 20.5. The molecule has 0 aromatic rings. The smallest absolute Gasteiger partial charge is 0.306 e. The van der Waals surface area contributed by atoms with Gasteiger partial charge >= 0.3 is 11.9 Å². The molecule has 0 saturated carbocycles. The van der Waals surface area contributed by atoms with E-state index in [-0.39, 0.29) is 0 Å². The van der Waals surface area contributed by atoms with E-state index in [2.05, 4.69) is 19.1 Å². The molecule has 0 aromatic heterocycles. The van der Waals surface area contributed by atoms with Crippen LogP contribution in [-0.4, -0.2) is 58.8 Å². The largest absolute Gasteiger partial charge is 0.550 e. The van der Waals surface area contributed by atoms with Crippen LogP contribution in [-0.2, 0) is 14.4 Å². The fourth-order valence-corrected chi connectivity index (χ4v) is 5.66. The summed E-state index contributed by atoms with van der Waals surface area (Å²) in [5, 5.41) is 30.3. The molecule has 252 valence electrons. The highest BCUT2D eigenvalue weighted by Crippen LogP contribution is 2.22. The highest BCUT2D eigenvalue weighted by Gasteiger charge is 2.30. The molecule has 43 heavy (non-hydrogen) atoms. The van der Waals surface area contributed by atoms with E-state index in [0.29, 0.717) is 43.4 Å². The molecule has 0 aliphatic carbocycles. The highest BCUT2D eigenvalue weighted by molar-refractivity contribution is 5.69. The van der Waals surface area contributed by atoms with Crippen molar-refractivity contribution in [1.82, 2.24) is 0 Å². The molecule has 0 aromatic carbocycles. The fourth-order valence-electron chi connectivity index (χ4n) is 5.66. The van der Waals surface area contributed by atoms with E-state index in [9.17, 15) is 29.7 Å². The lowest BCUT2D eigenvalue weighted by molar-refractivity contribution is -0.929. The van der Waals surface area contributed by atoms with Crippen molar-refractivity contribution in [2.45, 2.75) is 156 Å². The predicted octanol–water partition coefficient (Wildman–Crippen LogP) is 8.01. The van der Waals surface area contributed by atoms with Gasteiger partial charge in [-0.25, -0.2) is 0 Å². The molecule has 3 atom stereocenters. The molecule has 0 saturated heterocycles. The monoisotopic (exact) mass is 609 g/mol. The third-order valence-corrected chi connectivity index (χ3v) is 9.25. The second-order valence-electron chi connectivity index (χ2n) is 13.3. The number of carbonyl (C=O) groups is 3. The number of allylic oxidation sites excluding steroid dienone is 2. The van der Waals surface area contributed by atoms with Crippen molar-refractivity contribution in [3.63, 3.8) is 0 Å². The minimum Gasteiger partial charge on any atom is -0.550 e. The van der Waals surface area contributed by atoms with E-state index in [0.717, 1.165) is 25.8 Å². The molecule has 0 fully saturated rings. The maximum atomic E-state index is 11.5. The molecule has 0 rings (SSSR count). The number of hydrogen-bond acceptors (Lipinski definition) is 4. The Kier molecular flexibility index (Phi) is 25.3. The number of aliphatic carboxylic acids is 3. The summed E-state index contributed by atoms with van der Waals surface area (Å²) >= 11 is 0. The van der Waals surface area contributed by atoms with Crippen LogP contribution in [0.15, 0.2) is 12.2 Å². The Morgan fingerprint density at radius 3 is 1.28 bits per heavy atom. The van der Waals surface area contributed by atoms with E-state index in [1.165, 1.54) is 89.9 Å². The van der Waals surface area contributed by atoms with Crippen LogP contribution in [0.1, 0.15) is 156 Å². The molecule has 0 spiro atoms. The zero-order valence-corrected chi connectivity index (χ0v) is 28.3. The summed E-state index contributed by atoms with van der Waals surface area (Å²) < 4.78 is 0.584. The van der Waals surface area contributed by atoms with Crippen LogP contribution in [0.5, 0.6) is 0 Å². The first kappa shape index (κ1) is 41.1. The maximum absolute atomic E-state index is 11.5. The van der Waals surface area contributed by atoms with Gasteiger partial charge < -0.3 is 24.6 Å². The van der Waals surface area contributed by atoms with Gasteiger partial charge in [0.15, 0.2) is 0 Å². The molecule has 0 radical (unpaired) electrons. The van der Waals surface area contributed by atoms with Crippen LogP contribution >= 0.6 is 0 Å².